The average molecular weight is 346 g/mol. The number of halogens is 1. The first-order chi connectivity index (χ1) is 8.49. The van der Waals surface area contributed by atoms with E-state index in [9.17, 15) is 8.42 Å². The van der Waals surface area contributed by atoms with Gasteiger partial charge in [0.2, 0.25) is 10.0 Å². The first-order valence-corrected chi connectivity index (χ1v) is 8.43. The van der Waals surface area contributed by atoms with Crippen LogP contribution in [0.25, 0.3) is 0 Å². The third-order valence-corrected chi connectivity index (χ3v) is 5.37. The zero-order valence-corrected chi connectivity index (χ0v) is 12.9. The van der Waals surface area contributed by atoms with Gasteiger partial charge in [0.15, 0.2) is 0 Å². The smallest absolute Gasteiger partial charge is 0.207 e. The Balaban J connectivity index is 2.22. The van der Waals surface area contributed by atoms with Crippen molar-refractivity contribution in [1.82, 2.24) is 4.72 Å². The fourth-order valence-electron chi connectivity index (χ4n) is 1.52. The fraction of sp³-hybridized carbons (Fsp3) is 0.167. The summed E-state index contributed by atoms with van der Waals surface area (Å²) in [6.45, 7) is 2.11. The molecule has 1 N–H and O–H groups in total. The van der Waals surface area contributed by atoms with Crippen LogP contribution in [0.15, 0.2) is 45.1 Å². The van der Waals surface area contributed by atoms with E-state index in [1.54, 1.807) is 19.1 Å². The van der Waals surface area contributed by atoms with Gasteiger partial charge in [0, 0.05) is 15.9 Å². The number of hydrogen-bond acceptors (Lipinski definition) is 3. The first-order valence-electron chi connectivity index (χ1n) is 5.27. The van der Waals surface area contributed by atoms with Gasteiger partial charge in [-0.3, -0.25) is 0 Å². The molecule has 0 saturated carbocycles. The summed E-state index contributed by atoms with van der Waals surface area (Å²) in [5, 5.41) is 1.92. The van der Waals surface area contributed by atoms with Crippen molar-refractivity contribution < 1.29 is 8.42 Å². The van der Waals surface area contributed by atoms with Crippen LogP contribution in [0.2, 0.25) is 0 Å². The predicted octanol–water partition coefficient (Wildman–Crippen LogP) is 3.30. The summed E-state index contributed by atoms with van der Waals surface area (Å²) in [5.41, 5.74) is 0.733. The van der Waals surface area contributed by atoms with Gasteiger partial charge in [0.05, 0.1) is 4.90 Å². The van der Waals surface area contributed by atoms with Crippen LogP contribution in [0.1, 0.15) is 10.4 Å². The fourth-order valence-corrected chi connectivity index (χ4v) is 4.04. The maximum absolute atomic E-state index is 12.2. The Labute approximate surface area is 119 Å². The van der Waals surface area contributed by atoms with E-state index in [0.717, 1.165) is 14.9 Å². The lowest BCUT2D eigenvalue weighted by molar-refractivity contribution is 0.581. The molecule has 0 fully saturated rings. The van der Waals surface area contributed by atoms with Crippen LogP contribution in [-0.4, -0.2) is 8.42 Å². The van der Waals surface area contributed by atoms with Gasteiger partial charge in [0.1, 0.15) is 0 Å². The molecule has 1 aromatic heterocycles. The zero-order valence-electron chi connectivity index (χ0n) is 9.68. The summed E-state index contributed by atoms with van der Waals surface area (Å²) < 4.78 is 27.7. The Kier molecular flexibility index (Phi) is 4.21. The number of thiophene rings is 1. The SMILES string of the molecule is Cc1ccc(Br)cc1S(=O)(=O)NCc1cccs1. The molecule has 2 aromatic rings. The maximum Gasteiger partial charge on any atom is 0.241 e. The number of benzene rings is 1. The molecule has 0 aliphatic rings. The molecule has 0 aliphatic heterocycles. The molecule has 1 heterocycles. The third-order valence-electron chi connectivity index (χ3n) is 2.46. The van der Waals surface area contributed by atoms with Gasteiger partial charge >= 0.3 is 0 Å². The molecule has 0 bridgehead atoms. The van der Waals surface area contributed by atoms with Crippen LogP contribution < -0.4 is 4.72 Å². The molecule has 0 unspecified atom stereocenters. The largest absolute Gasteiger partial charge is 0.241 e. The van der Waals surface area contributed by atoms with E-state index in [4.69, 9.17) is 0 Å². The normalized spacial score (nSPS) is 11.7. The number of hydrogen-bond donors (Lipinski definition) is 1. The highest BCUT2D eigenvalue weighted by atomic mass is 79.9. The number of aryl methyl sites for hydroxylation is 1. The van der Waals surface area contributed by atoms with Crippen molar-refractivity contribution in [2.45, 2.75) is 18.4 Å². The van der Waals surface area contributed by atoms with Gasteiger partial charge in [-0.05, 0) is 36.1 Å². The molecular weight excluding hydrogens is 334 g/mol. The highest BCUT2D eigenvalue weighted by Gasteiger charge is 2.16. The minimum absolute atomic E-state index is 0.313. The molecule has 3 nitrogen and oxygen atoms in total. The molecular formula is C12H12BrNO2S2. The highest BCUT2D eigenvalue weighted by Crippen LogP contribution is 2.21. The Bertz CT molecular complexity index is 636. The van der Waals surface area contributed by atoms with Crippen molar-refractivity contribution in [3.63, 3.8) is 0 Å². The second-order valence-electron chi connectivity index (χ2n) is 3.81. The van der Waals surface area contributed by atoms with Gasteiger partial charge in [-0.1, -0.05) is 28.1 Å². The summed E-state index contributed by atoms with van der Waals surface area (Å²) in [7, 11) is -3.46. The van der Waals surface area contributed by atoms with Crippen molar-refractivity contribution in [1.29, 1.82) is 0 Å². The Morgan fingerprint density at radius 1 is 1.33 bits per heavy atom. The Morgan fingerprint density at radius 2 is 2.11 bits per heavy atom. The lowest BCUT2D eigenvalue weighted by Gasteiger charge is -2.09. The number of nitrogens with one attached hydrogen (secondary N) is 1. The molecule has 0 atom stereocenters. The van der Waals surface area contributed by atoms with Crippen LogP contribution in [-0.2, 0) is 16.6 Å². The van der Waals surface area contributed by atoms with Crippen molar-refractivity contribution in [3.8, 4) is 0 Å². The molecule has 1 aromatic carbocycles. The highest BCUT2D eigenvalue weighted by molar-refractivity contribution is 9.10. The second kappa shape index (κ2) is 5.52. The lowest BCUT2D eigenvalue weighted by Crippen LogP contribution is -2.23. The van der Waals surface area contributed by atoms with Crippen LogP contribution in [0, 0.1) is 6.92 Å². The predicted molar refractivity (Wildman–Crippen MR) is 77.2 cm³/mol. The minimum atomic E-state index is -3.46. The van der Waals surface area contributed by atoms with Crippen LogP contribution in [0.3, 0.4) is 0 Å². The topological polar surface area (TPSA) is 46.2 Å². The minimum Gasteiger partial charge on any atom is -0.207 e. The van der Waals surface area contributed by atoms with E-state index in [-0.39, 0.29) is 0 Å². The summed E-state index contributed by atoms with van der Waals surface area (Å²) >= 11 is 4.82. The maximum atomic E-state index is 12.2. The monoisotopic (exact) mass is 345 g/mol. The summed E-state index contributed by atoms with van der Waals surface area (Å²) in [6, 6.07) is 9.03. The Hall–Kier alpha value is -0.690. The molecule has 96 valence electrons. The molecule has 0 radical (unpaired) electrons. The van der Waals surface area contributed by atoms with Gasteiger partial charge in [-0.2, -0.15) is 0 Å². The molecule has 0 saturated heterocycles. The van der Waals surface area contributed by atoms with Crippen LogP contribution in [0.4, 0.5) is 0 Å². The van der Waals surface area contributed by atoms with Gasteiger partial charge in [-0.15, -0.1) is 11.3 Å². The summed E-state index contributed by atoms with van der Waals surface area (Å²) in [6.07, 6.45) is 0. The molecule has 0 spiro atoms. The third kappa shape index (κ3) is 3.20. The summed E-state index contributed by atoms with van der Waals surface area (Å²) in [4.78, 5) is 1.31. The standard InChI is InChI=1S/C12H12BrNO2S2/c1-9-4-5-10(13)7-12(9)18(15,16)14-8-11-3-2-6-17-11/h2-7,14H,8H2,1H3. The summed E-state index contributed by atoms with van der Waals surface area (Å²) in [5.74, 6) is 0. The van der Waals surface area contributed by atoms with E-state index in [1.165, 1.54) is 11.3 Å². The van der Waals surface area contributed by atoms with Gasteiger partial charge < -0.3 is 0 Å². The van der Waals surface area contributed by atoms with Gasteiger partial charge in [-0.25, -0.2) is 13.1 Å². The first kappa shape index (κ1) is 13.7. The van der Waals surface area contributed by atoms with Crippen molar-refractivity contribution in [2.24, 2.45) is 0 Å². The molecule has 2 rings (SSSR count). The zero-order chi connectivity index (χ0) is 13.2. The van der Waals surface area contributed by atoms with E-state index in [2.05, 4.69) is 20.7 Å². The van der Waals surface area contributed by atoms with E-state index in [0.29, 0.717) is 11.4 Å². The van der Waals surface area contributed by atoms with Crippen LogP contribution in [0.5, 0.6) is 0 Å². The number of sulfonamides is 1. The van der Waals surface area contributed by atoms with Crippen molar-refractivity contribution in [2.75, 3.05) is 0 Å². The number of rotatable bonds is 4. The molecule has 18 heavy (non-hydrogen) atoms. The second-order valence-corrected chi connectivity index (χ2v) is 7.50. The van der Waals surface area contributed by atoms with Gasteiger partial charge in [0.25, 0.3) is 0 Å². The van der Waals surface area contributed by atoms with Crippen molar-refractivity contribution in [3.05, 3.63) is 50.6 Å². The molecule has 6 heteroatoms. The average Bonchev–Trinajstić information content (AvgIpc) is 2.83. The molecule has 0 aliphatic carbocycles. The van der Waals surface area contributed by atoms with E-state index >= 15 is 0 Å². The lowest BCUT2D eigenvalue weighted by atomic mass is 10.2. The van der Waals surface area contributed by atoms with Crippen LogP contribution >= 0.6 is 27.3 Å². The van der Waals surface area contributed by atoms with E-state index < -0.39 is 10.0 Å². The molecule has 0 amide bonds. The van der Waals surface area contributed by atoms with Crippen molar-refractivity contribution >= 4 is 37.3 Å². The van der Waals surface area contributed by atoms with E-state index in [1.807, 2.05) is 23.6 Å². The quantitative estimate of drug-likeness (QED) is 0.923. The Morgan fingerprint density at radius 3 is 2.78 bits per heavy atom.